The fourth-order valence-corrected chi connectivity index (χ4v) is 6.45. The van der Waals surface area contributed by atoms with E-state index in [1.807, 2.05) is 51.9 Å². The number of benzene rings is 3. The van der Waals surface area contributed by atoms with Crippen molar-refractivity contribution in [3.05, 3.63) is 83.4 Å². The normalized spacial score (nSPS) is 14.9. The smallest absolute Gasteiger partial charge is 0.395 e. The third-order valence-corrected chi connectivity index (χ3v) is 8.90. The Morgan fingerprint density at radius 3 is 2.26 bits per heavy atom. The Morgan fingerprint density at radius 2 is 1.65 bits per heavy atom. The van der Waals surface area contributed by atoms with Gasteiger partial charge in [0.05, 0.1) is 29.8 Å². The van der Waals surface area contributed by atoms with Crippen molar-refractivity contribution in [3.8, 4) is 11.4 Å². The van der Waals surface area contributed by atoms with Crippen LogP contribution in [0.25, 0.3) is 22.4 Å². The molecule has 10 heteroatoms. The lowest BCUT2D eigenvalue weighted by molar-refractivity contribution is -0.137. The fraction of sp³-hybridized carbons (Fsp3) is 0.444. The van der Waals surface area contributed by atoms with Crippen molar-refractivity contribution in [1.82, 2.24) is 14.9 Å². The Bertz CT molecular complexity index is 1570. The van der Waals surface area contributed by atoms with Gasteiger partial charge in [0.15, 0.2) is 0 Å². The minimum Gasteiger partial charge on any atom is -0.395 e. The molecule has 1 fully saturated rings. The van der Waals surface area contributed by atoms with E-state index in [1.165, 1.54) is 44.2 Å². The van der Waals surface area contributed by atoms with Gasteiger partial charge in [0.25, 0.3) is 0 Å². The minimum atomic E-state index is -4.41. The number of aromatic nitrogens is 2. The molecular weight excluding hydrogens is 593 g/mol. The average Bonchev–Trinajstić information content (AvgIpc) is 3.40. The molecule has 1 aromatic heterocycles. The molecule has 1 heterocycles. The van der Waals surface area contributed by atoms with Crippen LogP contribution in [-0.2, 0) is 17.5 Å². The summed E-state index contributed by atoms with van der Waals surface area (Å²) < 4.78 is 41.7. The molecule has 3 N–H and O–H groups in total. The standard InChI is InChI=1S/C36H43F3N4O3/c1-25(46)21-32(40-23-26-5-3-2-4-6-26)29-11-16-34-33(22-29)41-35(28-9-14-31(15-10-28)42(17-19-44)18-20-45)43(34)24-27-7-12-30(13-8-27)36(37,38)39/h7-16,22,26,32,40,44-45H,2-6,17-21,23-24H2,1H3. The predicted octanol–water partition coefficient (Wildman–Crippen LogP) is 6.75. The van der Waals surface area contributed by atoms with Crippen LogP contribution in [0.3, 0.4) is 0 Å². The van der Waals surface area contributed by atoms with Crippen molar-refractivity contribution in [2.24, 2.45) is 5.92 Å². The Hall–Kier alpha value is -3.73. The van der Waals surface area contributed by atoms with Crippen LogP contribution in [0.2, 0.25) is 0 Å². The number of anilines is 1. The zero-order chi connectivity index (χ0) is 32.7. The van der Waals surface area contributed by atoms with Gasteiger partial charge >= 0.3 is 6.18 Å². The van der Waals surface area contributed by atoms with Gasteiger partial charge in [0.1, 0.15) is 11.6 Å². The molecule has 0 amide bonds. The highest BCUT2D eigenvalue weighted by Gasteiger charge is 2.30. The summed E-state index contributed by atoms with van der Waals surface area (Å²) in [6.45, 7) is 3.44. The van der Waals surface area contributed by atoms with E-state index >= 15 is 0 Å². The molecule has 46 heavy (non-hydrogen) atoms. The van der Waals surface area contributed by atoms with Gasteiger partial charge < -0.3 is 25.0 Å². The first-order chi connectivity index (χ1) is 22.2. The largest absolute Gasteiger partial charge is 0.416 e. The van der Waals surface area contributed by atoms with Gasteiger partial charge in [-0.15, -0.1) is 0 Å². The van der Waals surface area contributed by atoms with Crippen molar-refractivity contribution >= 4 is 22.5 Å². The summed E-state index contributed by atoms with van der Waals surface area (Å²) in [7, 11) is 0. The van der Waals surface area contributed by atoms with Gasteiger partial charge in [-0.1, -0.05) is 37.5 Å². The molecule has 0 saturated heterocycles. The Labute approximate surface area is 268 Å². The Morgan fingerprint density at radius 1 is 0.978 bits per heavy atom. The third-order valence-electron chi connectivity index (χ3n) is 8.90. The Balaban J connectivity index is 1.51. The second kappa shape index (κ2) is 15.2. The first-order valence-electron chi connectivity index (χ1n) is 16.1. The lowest BCUT2D eigenvalue weighted by Crippen LogP contribution is -2.29. The molecule has 1 unspecified atom stereocenters. The topological polar surface area (TPSA) is 90.6 Å². The molecule has 0 aliphatic heterocycles. The third kappa shape index (κ3) is 8.34. The van der Waals surface area contributed by atoms with Crippen LogP contribution < -0.4 is 10.2 Å². The van der Waals surface area contributed by atoms with Crippen molar-refractivity contribution in [1.29, 1.82) is 0 Å². The zero-order valence-corrected chi connectivity index (χ0v) is 26.3. The maximum atomic E-state index is 13.2. The number of carbonyl (C=O) groups excluding carboxylic acids is 1. The maximum Gasteiger partial charge on any atom is 0.416 e. The second-order valence-corrected chi connectivity index (χ2v) is 12.3. The molecule has 1 atom stereocenters. The van der Waals surface area contributed by atoms with Crippen LogP contribution in [0.1, 0.15) is 68.2 Å². The van der Waals surface area contributed by atoms with E-state index in [0.29, 0.717) is 43.4 Å². The zero-order valence-electron chi connectivity index (χ0n) is 26.3. The molecule has 7 nitrogen and oxygen atoms in total. The number of aliphatic hydroxyl groups excluding tert-OH is 2. The van der Waals surface area contributed by atoms with Gasteiger partial charge in [0, 0.05) is 43.3 Å². The number of halogens is 3. The van der Waals surface area contributed by atoms with Crippen LogP contribution in [0.15, 0.2) is 66.7 Å². The quantitative estimate of drug-likeness (QED) is 0.142. The van der Waals surface area contributed by atoms with E-state index in [2.05, 4.69) is 5.32 Å². The summed E-state index contributed by atoms with van der Waals surface area (Å²) in [5.74, 6) is 1.37. The molecular formula is C36H43F3N4O3. The molecule has 1 saturated carbocycles. The number of alkyl halides is 3. The van der Waals surface area contributed by atoms with E-state index < -0.39 is 11.7 Å². The molecule has 0 spiro atoms. The number of ketones is 1. The number of rotatable bonds is 14. The van der Waals surface area contributed by atoms with Crippen molar-refractivity contribution in [2.75, 3.05) is 37.7 Å². The van der Waals surface area contributed by atoms with Gasteiger partial charge in [-0.05, 0) is 91.9 Å². The molecule has 0 radical (unpaired) electrons. The highest BCUT2D eigenvalue weighted by atomic mass is 19.4. The summed E-state index contributed by atoms with van der Waals surface area (Å²) in [6.07, 6.45) is 2.14. The number of Topliss-reactive ketones (excluding diaryl/α,β-unsaturated/α-hetero) is 1. The average molecular weight is 637 g/mol. The van der Waals surface area contributed by atoms with Crippen LogP contribution in [0.5, 0.6) is 0 Å². The highest BCUT2D eigenvalue weighted by molar-refractivity contribution is 5.82. The summed E-state index contributed by atoms with van der Waals surface area (Å²) in [5, 5.41) is 22.6. The number of nitrogens with one attached hydrogen (secondary N) is 1. The molecule has 1 aliphatic rings. The van der Waals surface area contributed by atoms with Gasteiger partial charge in [0.2, 0.25) is 0 Å². The van der Waals surface area contributed by atoms with E-state index in [4.69, 9.17) is 4.98 Å². The first-order valence-corrected chi connectivity index (χ1v) is 16.1. The summed E-state index contributed by atoms with van der Waals surface area (Å²) in [6, 6.07) is 18.7. The van der Waals surface area contributed by atoms with Gasteiger partial charge in [-0.3, -0.25) is 4.79 Å². The lowest BCUT2D eigenvalue weighted by Gasteiger charge is -2.25. The number of nitrogens with zero attached hydrogens (tertiary/aromatic N) is 3. The second-order valence-electron chi connectivity index (χ2n) is 12.3. The fourth-order valence-electron chi connectivity index (χ4n) is 6.45. The minimum absolute atomic E-state index is 0.0485. The van der Waals surface area contributed by atoms with E-state index in [0.717, 1.165) is 46.5 Å². The molecule has 5 rings (SSSR count). The maximum absolute atomic E-state index is 13.2. The number of imidazole rings is 1. The number of fused-ring (bicyclic) bond motifs is 1. The molecule has 4 aromatic rings. The first kappa shape index (κ1) is 33.6. The van der Waals surface area contributed by atoms with Gasteiger partial charge in [-0.25, -0.2) is 4.98 Å². The highest BCUT2D eigenvalue weighted by Crippen LogP contribution is 2.32. The molecule has 246 valence electrons. The van der Waals surface area contributed by atoms with Crippen LogP contribution in [0, 0.1) is 5.92 Å². The van der Waals surface area contributed by atoms with Crippen LogP contribution >= 0.6 is 0 Å². The number of hydrogen-bond acceptors (Lipinski definition) is 6. The lowest BCUT2D eigenvalue weighted by atomic mass is 9.89. The SMILES string of the molecule is CC(=O)CC(NCC1CCCCC1)c1ccc2c(c1)nc(-c1ccc(N(CCO)CCO)cc1)n2Cc1ccc(C(F)(F)F)cc1. The number of aliphatic hydroxyl groups is 2. The van der Waals surface area contributed by atoms with Crippen molar-refractivity contribution in [2.45, 2.75) is 64.2 Å². The van der Waals surface area contributed by atoms with Crippen LogP contribution in [0.4, 0.5) is 18.9 Å². The molecule has 1 aliphatic carbocycles. The van der Waals surface area contributed by atoms with Gasteiger partial charge in [-0.2, -0.15) is 13.2 Å². The van der Waals surface area contributed by atoms with E-state index in [1.54, 1.807) is 6.92 Å². The van der Waals surface area contributed by atoms with E-state index in [-0.39, 0.29) is 25.0 Å². The monoisotopic (exact) mass is 636 g/mol. The molecule has 0 bridgehead atoms. The summed E-state index contributed by atoms with van der Waals surface area (Å²) in [4.78, 5) is 19.2. The predicted molar refractivity (Wildman–Crippen MR) is 175 cm³/mol. The van der Waals surface area contributed by atoms with Crippen molar-refractivity contribution < 1.29 is 28.2 Å². The number of carbonyl (C=O) groups is 1. The summed E-state index contributed by atoms with van der Waals surface area (Å²) >= 11 is 0. The van der Waals surface area contributed by atoms with Crippen LogP contribution in [-0.4, -0.2) is 58.4 Å². The summed E-state index contributed by atoms with van der Waals surface area (Å²) in [5.41, 5.74) is 4.21. The van der Waals surface area contributed by atoms with E-state index in [9.17, 15) is 28.2 Å². The van der Waals surface area contributed by atoms with Crippen molar-refractivity contribution in [3.63, 3.8) is 0 Å². The molecule has 3 aromatic carbocycles. The number of hydrogen-bond donors (Lipinski definition) is 3. The Kier molecular flexibility index (Phi) is 11.1.